The Morgan fingerprint density at radius 1 is 1.12 bits per heavy atom. The molecule has 0 spiro atoms. The zero-order valence-corrected chi connectivity index (χ0v) is 20.8. The number of aryl methyl sites for hydroxylation is 1. The van der Waals surface area contributed by atoms with Crippen LogP contribution in [-0.4, -0.2) is 63.9 Å². The molecule has 2 heterocycles. The Hall–Kier alpha value is -3.04. The lowest BCUT2D eigenvalue weighted by Gasteiger charge is -2.19. The van der Waals surface area contributed by atoms with Crippen molar-refractivity contribution in [3.05, 3.63) is 59.1 Å². The first-order valence-electron chi connectivity index (χ1n) is 11.1. The molecule has 3 aromatic rings. The van der Waals surface area contributed by atoms with E-state index in [0.29, 0.717) is 15.9 Å². The van der Waals surface area contributed by atoms with Gasteiger partial charge in [0.05, 0.1) is 18.0 Å². The lowest BCUT2D eigenvalue weighted by molar-refractivity contribution is -0.131. The number of thioether (sulfide) groups is 1. The first kappa shape index (κ1) is 24.1. The summed E-state index contributed by atoms with van der Waals surface area (Å²) in [5, 5.41) is 12.8. The van der Waals surface area contributed by atoms with Crippen molar-refractivity contribution in [1.29, 1.82) is 0 Å². The van der Waals surface area contributed by atoms with Gasteiger partial charge in [0.1, 0.15) is 0 Å². The summed E-state index contributed by atoms with van der Waals surface area (Å²) in [5.41, 5.74) is 2.66. The highest BCUT2D eigenvalue weighted by Crippen LogP contribution is 2.29. The van der Waals surface area contributed by atoms with Crippen molar-refractivity contribution in [2.24, 2.45) is 0 Å². The quantitative estimate of drug-likeness (QED) is 0.472. The second-order valence-electron chi connectivity index (χ2n) is 8.24. The average Bonchev–Trinajstić information content (AvgIpc) is 3.48. The van der Waals surface area contributed by atoms with E-state index in [9.17, 15) is 9.59 Å². The van der Waals surface area contributed by atoms with Crippen LogP contribution in [0.4, 0.5) is 11.6 Å². The fraction of sp³-hybridized carbons (Fsp3) is 0.333. The summed E-state index contributed by atoms with van der Waals surface area (Å²) < 4.78 is 1.94. The molecule has 0 bridgehead atoms. The van der Waals surface area contributed by atoms with Gasteiger partial charge in [-0.15, -0.1) is 10.2 Å². The van der Waals surface area contributed by atoms with Crippen LogP contribution in [0.1, 0.15) is 18.4 Å². The number of rotatable bonds is 8. The van der Waals surface area contributed by atoms with Crippen LogP contribution in [0.5, 0.6) is 0 Å². The number of nitrogens with one attached hydrogen (secondary N) is 1. The highest BCUT2D eigenvalue weighted by Gasteiger charge is 2.23. The van der Waals surface area contributed by atoms with E-state index < -0.39 is 0 Å². The molecule has 2 aromatic carbocycles. The largest absolute Gasteiger partial charge is 0.341 e. The molecular formula is C24H27ClN6O2S. The summed E-state index contributed by atoms with van der Waals surface area (Å²) >= 11 is 7.53. The predicted molar refractivity (Wildman–Crippen MR) is 136 cm³/mol. The third-order valence-electron chi connectivity index (χ3n) is 5.54. The highest BCUT2D eigenvalue weighted by molar-refractivity contribution is 7.99. The second kappa shape index (κ2) is 10.9. The smallest absolute Gasteiger partial charge is 0.243 e. The van der Waals surface area contributed by atoms with E-state index in [1.165, 1.54) is 16.7 Å². The first-order valence-corrected chi connectivity index (χ1v) is 12.5. The van der Waals surface area contributed by atoms with E-state index in [1.807, 2.05) is 60.0 Å². The number of nitrogens with zero attached hydrogens (tertiary/aromatic N) is 5. The highest BCUT2D eigenvalue weighted by atomic mass is 35.5. The summed E-state index contributed by atoms with van der Waals surface area (Å²) in [6.45, 7) is 3.78. The van der Waals surface area contributed by atoms with Crippen LogP contribution in [0.25, 0.3) is 5.69 Å². The molecule has 1 aliphatic rings. The molecule has 1 aromatic heterocycles. The van der Waals surface area contributed by atoms with Gasteiger partial charge in [0.2, 0.25) is 17.8 Å². The van der Waals surface area contributed by atoms with Gasteiger partial charge < -0.3 is 15.1 Å². The fourth-order valence-corrected chi connectivity index (χ4v) is 4.77. The lowest BCUT2D eigenvalue weighted by Crippen LogP contribution is -2.36. The van der Waals surface area contributed by atoms with Gasteiger partial charge in [0, 0.05) is 30.8 Å². The van der Waals surface area contributed by atoms with Gasteiger partial charge in [-0.3, -0.25) is 14.2 Å². The maximum Gasteiger partial charge on any atom is 0.243 e. The minimum atomic E-state index is -0.247. The fourth-order valence-electron chi connectivity index (χ4n) is 3.70. The van der Waals surface area contributed by atoms with Gasteiger partial charge >= 0.3 is 0 Å². The third kappa shape index (κ3) is 5.90. The molecular weight excluding hydrogens is 472 g/mol. The molecule has 0 unspecified atom stereocenters. The molecule has 4 rings (SSSR count). The number of carbonyl (C=O) groups is 2. The zero-order chi connectivity index (χ0) is 24.1. The number of benzene rings is 2. The summed E-state index contributed by atoms with van der Waals surface area (Å²) in [6.07, 6.45) is 2.22. The molecule has 178 valence electrons. The molecule has 2 amide bonds. The number of aromatic nitrogens is 3. The predicted octanol–water partition coefficient (Wildman–Crippen LogP) is 4.02. The number of likely N-dealkylation sites (N-methyl/N-ethyl adjacent to an activating group) is 1. The maximum absolute atomic E-state index is 12.7. The molecule has 1 fully saturated rings. The monoisotopic (exact) mass is 498 g/mol. The molecule has 34 heavy (non-hydrogen) atoms. The lowest BCUT2D eigenvalue weighted by atomic mass is 10.2. The van der Waals surface area contributed by atoms with Gasteiger partial charge in [0.25, 0.3) is 0 Å². The standard InChI is InChI=1S/C24H27ClN6O2S/c1-17-8-10-19(11-9-17)26-21(32)15-29(2)22(33)16-34-24-28-27-23(30-12-3-4-13-30)31(24)20-7-5-6-18(25)14-20/h5-11,14H,3-4,12-13,15-16H2,1-2H3,(H,26,32). The van der Waals surface area contributed by atoms with Crippen molar-refractivity contribution >= 4 is 46.8 Å². The van der Waals surface area contributed by atoms with Crippen LogP contribution >= 0.6 is 23.4 Å². The molecule has 1 aliphatic heterocycles. The Morgan fingerprint density at radius 2 is 1.85 bits per heavy atom. The van der Waals surface area contributed by atoms with Gasteiger partial charge in [-0.1, -0.05) is 47.1 Å². The van der Waals surface area contributed by atoms with Crippen LogP contribution in [0, 0.1) is 6.92 Å². The van der Waals surface area contributed by atoms with Crippen molar-refractivity contribution in [3.63, 3.8) is 0 Å². The van der Waals surface area contributed by atoms with Gasteiger partial charge in [0.15, 0.2) is 5.16 Å². The summed E-state index contributed by atoms with van der Waals surface area (Å²) in [5.74, 6) is 0.462. The number of hydrogen-bond donors (Lipinski definition) is 1. The molecule has 1 N–H and O–H groups in total. The SMILES string of the molecule is Cc1ccc(NC(=O)CN(C)C(=O)CSc2nnc(N3CCCC3)n2-c2cccc(Cl)c2)cc1. The van der Waals surface area contributed by atoms with E-state index in [-0.39, 0.29) is 24.1 Å². The summed E-state index contributed by atoms with van der Waals surface area (Å²) in [6, 6.07) is 15.0. The molecule has 0 atom stereocenters. The van der Waals surface area contributed by atoms with Crippen molar-refractivity contribution in [2.75, 3.05) is 42.7 Å². The number of halogens is 1. The number of carbonyl (C=O) groups excluding carboxylic acids is 2. The Kier molecular flexibility index (Phi) is 7.74. The van der Waals surface area contributed by atoms with Gasteiger partial charge in [-0.2, -0.15) is 0 Å². The Bertz CT molecular complexity index is 1160. The van der Waals surface area contributed by atoms with Crippen LogP contribution in [-0.2, 0) is 9.59 Å². The van der Waals surface area contributed by atoms with Gasteiger partial charge in [-0.05, 0) is 50.1 Å². The minimum Gasteiger partial charge on any atom is -0.341 e. The Morgan fingerprint density at radius 3 is 2.56 bits per heavy atom. The number of anilines is 2. The van der Waals surface area contributed by atoms with E-state index in [2.05, 4.69) is 20.4 Å². The third-order valence-corrected chi connectivity index (χ3v) is 6.69. The molecule has 10 heteroatoms. The average molecular weight is 499 g/mol. The molecule has 1 saturated heterocycles. The van der Waals surface area contributed by atoms with Crippen molar-refractivity contribution < 1.29 is 9.59 Å². The Labute approximate surface area is 208 Å². The molecule has 0 aliphatic carbocycles. The van der Waals surface area contributed by atoms with Crippen molar-refractivity contribution in [1.82, 2.24) is 19.7 Å². The van der Waals surface area contributed by atoms with Crippen molar-refractivity contribution in [3.8, 4) is 5.69 Å². The second-order valence-corrected chi connectivity index (χ2v) is 9.62. The number of hydrogen-bond acceptors (Lipinski definition) is 6. The normalized spacial score (nSPS) is 13.2. The van der Waals surface area contributed by atoms with E-state index in [4.69, 9.17) is 11.6 Å². The molecule has 8 nitrogen and oxygen atoms in total. The Balaban J connectivity index is 1.41. The van der Waals surface area contributed by atoms with E-state index >= 15 is 0 Å². The van der Waals surface area contributed by atoms with E-state index in [0.717, 1.165) is 43.1 Å². The van der Waals surface area contributed by atoms with Crippen LogP contribution in [0.3, 0.4) is 0 Å². The molecule has 0 radical (unpaired) electrons. The van der Waals surface area contributed by atoms with Gasteiger partial charge in [-0.25, -0.2) is 0 Å². The van der Waals surface area contributed by atoms with Crippen LogP contribution < -0.4 is 10.2 Å². The maximum atomic E-state index is 12.7. The zero-order valence-electron chi connectivity index (χ0n) is 19.2. The van der Waals surface area contributed by atoms with E-state index in [1.54, 1.807) is 7.05 Å². The minimum absolute atomic E-state index is 0.0344. The number of amides is 2. The van der Waals surface area contributed by atoms with Crippen LogP contribution in [0.2, 0.25) is 5.02 Å². The summed E-state index contributed by atoms with van der Waals surface area (Å²) in [4.78, 5) is 28.7. The molecule has 0 saturated carbocycles. The van der Waals surface area contributed by atoms with Crippen LogP contribution in [0.15, 0.2) is 53.7 Å². The topological polar surface area (TPSA) is 83.4 Å². The first-order chi connectivity index (χ1) is 16.4. The summed E-state index contributed by atoms with van der Waals surface area (Å²) in [7, 11) is 1.62. The van der Waals surface area contributed by atoms with Crippen molar-refractivity contribution in [2.45, 2.75) is 24.9 Å².